The van der Waals surface area contributed by atoms with Crippen LogP contribution >= 0.6 is 0 Å². The molecule has 1 fully saturated rings. The first-order chi connectivity index (χ1) is 8.04. The lowest BCUT2D eigenvalue weighted by molar-refractivity contribution is -0.0443. The summed E-state index contributed by atoms with van der Waals surface area (Å²) in [5.41, 5.74) is 1.90. The highest BCUT2D eigenvalue weighted by Gasteiger charge is 2.31. The molecule has 1 atom stereocenters. The normalized spacial score (nSPS) is 25.1. The van der Waals surface area contributed by atoms with Crippen molar-refractivity contribution in [3.8, 4) is 0 Å². The van der Waals surface area contributed by atoms with E-state index in [0.29, 0.717) is 0 Å². The van der Waals surface area contributed by atoms with Gasteiger partial charge in [-0.1, -0.05) is 6.92 Å². The number of hydrogen-bond acceptors (Lipinski definition) is 4. The fraction of sp³-hybridized carbons (Fsp3) is 0.692. The molecule has 1 aliphatic heterocycles. The Bertz CT molecular complexity index is 408. The number of aromatic nitrogens is 2. The lowest BCUT2D eigenvalue weighted by Gasteiger charge is -2.40. The summed E-state index contributed by atoms with van der Waals surface area (Å²) in [7, 11) is 0. The molecule has 0 spiro atoms. The minimum atomic E-state index is -0.0594. The average molecular weight is 235 g/mol. The molecule has 1 saturated heterocycles. The van der Waals surface area contributed by atoms with Gasteiger partial charge in [0, 0.05) is 19.3 Å². The minimum Gasteiger partial charge on any atom is -0.372 e. The summed E-state index contributed by atoms with van der Waals surface area (Å²) in [5, 5.41) is 0. The number of rotatable bonds is 2. The van der Waals surface area contributed by atoms with E-state index in [0.717, 1.165) is 43.3 Å². The smallest absolute Gasteiger partial charge is 0.150 e. The molecule has 94 valence electrons. The van der Waals surface area contributed by atoms with Crippen molar-refractivity contribution in [2.75, 3.05) is 24.6 Å². The summed E-state index contributed by atoms with van der Waals surface area (Å²) in [6.45, 7) is 10.9. The van der Waals surface area contributed by atoms with Gasteiger partial charge in [0.05, 0.1) is 23.6 Å². The van der Waals surface area contributed by atoms with Gasteiger partial charge in [0.15, 0.2) is 5.82 Å². The monoisotopic (exact) mass is 235 g/mol. The topological polar surface area (TPSA) is 38.2 Å². The first-order valence-corrected chi connectivity index (χ1v) is 6.23. The maximum atomic E-state index is 5.85. The van der Waals surface area contributed by atoms with E-state index >= 15 is 0 Å². The second kappa shape index (κ2) is 4.61. The molecule has 1 aromatic rings. The predicted octanol–water partition coefficient (Wildman–Crippen LogP) is 2.10. The van der Waals surface area contributed by atoms with Gasteiger partial charge in [0.2, 0.25) is 0 Å². The van der Waals surface area contributed by atoms with Crippen molar-refractivity contribution in [1.82, 2.24) is 9.97 Å². The van der Waals surface area contributed by atoms with Crippen LogP contribution in [0.4, 0.5) is 5.82 Å². The zero-order valence-corrected chi connectivity index (χ0v) is 11.2. The Labute approximate surface area is 103 Å². The van der Waals surface area contributed by atoms with Crippen molar-refractivity contribution in [2.45, 2.75) is 39.7 Å². The number of ether oxygens (including phenoxy) is 1. The van der Waals surface area contributed by atoms with Gasteiger partial charge in [0.25, 0.3) is 0 Å². The molecule has 1 aromatic heterocycles. The highest BCUT2D eigenvalue weighted by molar-refractivity contribution is 5.44. The highest BCUT2D eigenvalue weighted by Crippen LogP contribution is 2.25. The van der Waals surface area contributed by atoms with E-state index in [4.69, 9.17) is 4.74 Å². The van der Waals surface area contributed by atoms with Crippen LogP contribution in [0.15, 0.2) is 6.20 Å². The number of hydrogen-bond donors (Lipinski definition) is 0. The van der Waals surface area contributed by atoms with Crippen LogP contribution in [0.3, 0.4) is 0 Å². The van der Waals surface area contributed by atoms with Crippen molar-refractivity contribution in [3.63, 3.8) is 0 Å². The van der Waals surface area contributed by atoms with E-state index in [1.54, 1.807) is 0 Å². The Kier molecular flexibility index (Phi) is 3.33. The van der Waals surface area contributed by atoms with Gasteiger partial charge in [-0.05, 0) is 27.2 Å². The summed E-state index contributed by atoms with van der Waals surface area (Å²) in [4.78, 5) is 11.3. The largest absolute Gasteiger partial charge is 0.372 e. The molecule has 0 amide bonds. The van der Waals surface area contributed by atoms with E-state index in [1.165, 1.54) is 0 Å². The van der Waals surface area contributed by atoms with E-state index in [1.807, 2.05) is 20.0 Å². The molecule has 0 radical (unpaired) electrons. The molecule has 4 heteroatoms. The fourth-order valence-electron chi connectivity index (χ4n) is 2.15. The van der Waals surface area contributed by atoms with Gasteiger partial charge in [-0.15, -0.1) is 0 Å². The van der Waals surface area contributed by atoms with Crippen molar-refractivity contribution in [2.24, 2.45) is 0 Å². The lowest BCUT2D eigenvalue weighted by atomic mass is 10.0. The molecule has 0 aliphatic carbocycles. The summed E-state index contributed by atoms with van der Waals surface area (Å²) < 4.78 is 5.85. The number of morpholine rings is 1. The van der Waals surface area contributed by atoms with Gasteiger partial charge < -0.3 is 9.64 Å². The Morgan fingerprint density at radius 2 is 2.24 bits per heavy atom. The molecule has 1 aliphatic rings. The van der Waals surface area contributed by atoms with Crippen LogP contribution in [0, 0.1) is 13.8 Å². The predicted molar refractivity (Wildman–Crippen MR) is 68.4 cm³/mol. The van der Waals surface area contributed by atoms with Gasteiger partial charge in [-0.2, -0.15) is 0 Å². The molecular weight excluding hydrogens is 214 g/mol. The average Bonchev–Trinajstić information content (AvgIpc) is 2.32. The molecule has 17 heavy (non-hydrogen) atoms. The van der Waals surface area contributed by atoms with Crippen LogP contribution in [0.1, 0.15) is 31.7 Å². The van der Waals surface area contributed by atoms with Gasteiger partial charge in [-0.3, -0.25) is 4.98 Å². The standard InChI is InChI=1S/C13H21N3O/c1-5-13(4)9-16(6-7-17-13)12-11(3)14-8-10(2)15-12/h8H,5-7,9H2,1-4H3. The highest BCUT2D eigenvalue weighted by atomic mass is 16.5. The molecule has 1 unspecified atom stereocenters. The lowest BCUT2D eigenvalue weighted by Crippen LogP contribution is -2.50. The molecule has 0 N–H and O–H groups in total. The third kappa shape index (κ3) is 2.57. The zero-order valence-electron chi connectivity index (χ0n) is 11.2. The maximum absolute atomic E-state index is 5.85. The number of aryl methyl sites for hydroxylation is 2. The zero-order chi connectivity index (χ0) is 12.5. The Morgan fingerprint density at radius 1 is 1.47 bits per heavy atom. The Hall–Kier alpha value is -1.16. The Balaban J connectivity index is 2.24. The molecule has 2 rings (SSSR count). The van der Waals surface area contributed by atoms with Crippen LogP contribution in [0.2, 0.25) is 0 Å². The second-order valence-electron chi connectivity index (χ2n) is 4.99. The number of nitrogens with zero attached hydrogens (tertiary/aromatic N) is 3. The Morgan fingerprint density at radius 3 is 2.94 bits per heavy atom. The molecule has 2 heterocycles. The quantitative estimate of drug-likeness (QED) is 0.787. The SMILES string of the molecule is CCC1(C)CN(c2nc(C)cnc2C)CCO1. The summed E-state index contributed by atoms with van der Waals surface area (Å²) in [6, 6.07) is 0. The summed E-state index contributed by atoms with van der Waals surface area (Å²) in [5.74, 6) is 1.01. The van der Waals surface area contributed by atoms with Crippen LogP contribution in [-0.4, -0.2) is 35.3 Å². The molecular formula is C13H21N3O. The van der Waals surface area contributed by atoms with Gasteiger partial charge in [-0.25, -0.2) is 4.98 Å². The van der Waals surface area contributed by atoms with Crippen LogP contribution in [0.5, 0.6) is 0 Å². The second-order valence-corrected chi connectivity index (χ2v) is 4.99. The first kappa shape index (κ1) is 12.3. The maximum Gasteiger partial charge on any atom is 0.150 e. The third-order valence-corrected chi connectivity index (χ3v) is 3.44. The van der Waals surface area contributed by atoms with Crippen molar-refractivity contribution < 1.29 is 4.74 Å². The van der Waals surface area contributed by atoms with Gasteiger partial charge in [0.1, 0.15) is 0 Å². The molecule has 0 saturated carbocycles. The molecule has 0 bridgehead atoms. The van der Waals surface area contributed by atoms with Crippen LogP contribution < -0.4 is 4.90 Å². The molecule has 0 aromatic carbocycles. The van der Waals surface area contributed by atoms with Crippen molar-refractivity contribution in [1.29, 1.82) is 0 Å². The fourth-order valence-corrected chi connectivity index (χ4v) is 2.15. The first-order valence-electron chi connectivity index (χ1n) is 6.23. The molecule has 4 nitrogen and oxygen atoms in total. The summed E-state index contributed by atoms with van der Waals surface area (Å²) in [6.07, 6.45) is 2.83. The van der Waals surface area contributed by atoms with E-state index in [-0.39, 0.29) is 5.60 Å². The van der Waals surface area contributed by atoms with Gasteiger partial charge >= 0.3 is 0 Å². The van der Waals surface area contributed by atoms with Crippen LogP contribution in [-0.2, 0) is 4.74 Å². The van der Waals surface area contributed by atoms with E-state index in [2.05, 4.69) is 28.7 Å². The third-order valence-electron chi connectivity index (χ3n) is 3.44. The summed E-state index contributed by atoms with van der Waals surface area (Å²) >= 11 is 0. The van der Waals surface area contributed by atoms with Crippen molar-refractivity contribution in [3.05, 3.63) is 17.6 Å². The van der Waals surface area contributed by atoms with E-state index in [9.17, 15) is 0 Å². The van der Waals surface area contributed by atoms with Crippen molar-refractivity contribution >= 4 is 5.82 Å². The minimum absolute atomic E-state index is 0.0594. The van der Waals surface area contributed by atoms with E-state index < -0.39 is 0 Å². The van der Waals surface area contributed by atoms with Crippen LogP contribution in [0.25, 0.3) is 0 Å². The number of anilines is 1.